The maximum atomic E-state index is 6.22. The summed E-state index contributed by atoms with van der Waals surface area (Å²) in [6.45, 7) is 6.16. The summed E-state index contributed by atoms with van der Waals surface area (Å²) in [6.07, 6.45) is 1.20. The number of methoxy groups -OCH3 is 1. The highest BCUT2D eigenvalue weighted by atomic mass is 35.5. The number of rotatable bonds is 4. The number of ether oxygens (including phenoxy) is 2. The number of nitrogens with one attached hydrogen (secondary N) is 1. The molecule has 6 heteroatoms. The molecular formula is C22H30Cl2N2O2. The van der Waals surface area contributed by atoms with Crippen LogP contribution in [0, 0.1) is 5.92 Å². The molecule has 0 aliphatic carbocycles. The van der Waals surface area contributed by atoms with Crippen molar-refractivity contribution in [3.05, 3.63) is 59.7 Å². The van der Waals surface area contributed by atoms with Crippen molar-refractivity contribution in [1.29, 1.82) is 0 Å². The van der Waals surface area contributed by atoms with Gasteiger partial charge < -0.3 is 19.7 Å². The second-order valence-corrected chi connectivity index (χ2v) is 7.30. The molecule has 4 nitrogen and oxygen atoms in total. The van der Waals surface area contributed by atoms with Gasteiger partial charge in [-0.1, -0.05) is 31.2 Å². The fourth-order valence-electron chi connectivity index (χ4n) is 4.23. The summed E-state index contributed by atoms with van der Waals surface area (Å²) in [5.74, 6) is 1.32. The SMILES string of the molecule is COc1ccc(N2CCNC(C(C)C3OCCc4ccccc43)C2)cc1.Cl.Cl. The van der Waals surface area contributed by atoms with Crippen LogP contribution >= 0.6 is 24.8 Å². The van der Waals surface area contributed by atoms with Crippen LogP contribution in [0.2, 0.25) is 0 Å². The number of piperazine rings is 1. The first-order chi connectivity index (χ1) is 12.8. The lowest BCUT2D eigenvalue weighted by Gasteiger charge is -2.41. The van der Waals surface area contributed by atoms with E-state index in [-0.39, 0.29) is 30.9 Å². The third-order valence-corrected chi connectivity index (χ3v) is 5.79. The number of halogens is 2. The zero-order chi connectivity index (χ0) is 17.9. The van der Waals surface area contributed by atoms with Crippen LogP contribution in [0.4, 0.5) is 5.69 Å². The van der Waals surface area contributed by atoms with Gasteiger partial charge in [-0.2, -0.15) is 0 Å². The molecule has 28 heavy (non-hydrogen) atoms. The van der Waals surface area contributed by atoms with E-state index in [9.17, 15) is 0 Å². The van der Waals surface area contributed by atoms with Crippen LogP contribution in [0.15, 0.2) is 48.5 Å². The van der Waals surface area contributed by atoms with Crippen LogP contribution in [0.3, 0.4) is 0 Å². The molecule has 2 aromatic carbocycles. The number of hydrogen-bond donors (Lipinski definition) is 1. The number of benzene rings is 2. The van der Waals surface area contributed by atoms with Crippen LogP contribution in [0.1, 0.15) is 24.2 Å². The molecule has 0 saturated carbocycles. The lowest BCUT2D eigenvalue weighted by molar-refractivity contribution is -0.00538. The molecule has 0 radical (unpaired) electrons. The average Bonchev–Trinajstić information content (AvgIpc) is 2.73. The predicted octanol–water partition coefficient (Wildman–Crippen LogP) is 4.27. The monoisotopic (exact) mass is 424 g/mol. The predicted molar refractivity (Wildman–Crippen MR) is 119 cm³/mol. The van der Waals surface area contributed by atoms with Gasteiger partial charge in [-0.3, -0.25) is 0 Å². The fraction of sp³-hybridized carbons (Fsp3) is 0.455. The van der Waals surface area contributed by atoms with Gasteiger partial charge in [0.15, 0.2) is 0 Å². The summed E-state index contributed by atoms with van der Waals surface area (Å²) in [6, 6.07) is 17.5. The molecule has 0 aromatic heterocycles. The quantitative estimate of drug-likeness (QED) is 0.794. The Hall–Kier alpha value is -1.46. The second-order valence-electron chi connectivity index (χ2n) is 7.30. The molecule has 4 rings (SSSR count). The minimum Gasteiger partial charge on any atom is -0.497 e. The van der Waals surface area contributed by atoms with Crippen LogP contribution < -0.4 is 15.0 Å². The van der Waals surface area contributed by atoms with Gasteiger partial charge in [-0.05, 0) is 41.8 Å². The largest absolute Gasteiger partial charge is 0.497 e. The van der Waals surface area contributed by atoms with Crippen molar-refractivity contribution in [2.75, 3.05) is 38.3 Å². The molecule has 0 amide bonds. The molecule has 2 aliphatic rings. The van der Waals surface area contributed by atoms with E-state index in [1.165, 1.54) is 16.8 Å². The minimum absolute atomic E-state index is 0. The molecule has 2 aromatic rings. The third kappa shape index (κ3) is 4.74. The maximum absolute atomic E-state index is 6.22. The van der Waals surface area contributed by atoms with Gasteiger partial charge in [0, 0.05) is 37.3 Å². The Kier molecular flexibility index (Phi) is 8.44. The zero-order valence-electron chi connectivity index (χ0n) is 16.5. The Balaban J connectivity index is 0.00000140. The van der Waals surface area contributed by atoms with Crippen molar-refractivity contribution in [1.82, 2.24) is 5.32 Å². The summed E-state index contributed by atoms with van der Waals surface area (Å²) >= 11 is 0. The Morgan fingerprint density at radius 3 is 2.61 bits per heavy atom. The topological polar surface area (TPSA) is 33.7 Å². The van der Waals surface area contributed by atoms with E-state index in [0.29, 0.717) is 12.0 Å². The Morgan fingerprint density at radius 2 is 1.86 bits per heavy atom. The molecule has 3 atom stereocenters. The van der Waals surface area contributed by atoms with E-state index in [2.05, 4.69) is 53.5 Å². The lowest BCUT2D eigenvalue weighted by Crippen LogP contribution is -2.54. The molecule has 1 N–H and O–H groups in total. The Morgan fingerprint density at radius 1 is 1.11 bits per heavy atom. The first-order valence-corrected chi connectivity index (χ1v) is 9.58. The van der Waals surface area contributed by atoms with Crippen LogP contribution in [-0.4, -0.2) is 39.4 Å². The minimum atomic E-state index is 0. The molecule has 1 fully saturated rings. The molecule has 0 bridgehead atoms. The van der Waals surface area contributed by atoms with Crippen molar-refractivity contribution >= 4 is 30.5 Å². The normalized spacial score (nSPS) is 22.3. The van der Waals surface area contributed by atoms with Crippen molar-refractivity contribution in [2.45, 2.75) is 25.5 Å². The van der Waals surface area contributed by atoms with Crippen molar-refractivity contribution in [3.8, 4) is 5.75 Å². The van der Waals surface area contributed by atoms with E-state index in [1.807, 2.05) is 12.1 Å². The van der Waals surface area contributed by atoms with Gasteiger partial charge in [-0.25, -0.2) is 0 Å². The summed E-state index contributed by atoms with van der Waals surface area (Å²) in [7, 11) is 1.71. The fourth-order valence-corrected chi connectivity index (χ4v) is 4.23. The lowest BCUT2D eigenvalue weighted by atomic mass is 9.85. The van der Waals surface area contributed by atoms with Gasteiger partial charge >= 0.3 is 0 Å². The molecule has 3 unspecified atom stereocenters. The van der Waals surface area contributed by atoms with Crippen molar-refractivity contribution in [2.24, 2.45) is 5.92 Å². The van der Waals surface area contributed by atoms with Crippen LogP contribution in [0.25, 0.3) is 0 Å². The third-order valence-electron chi connectivity index (χ3n) is 5.79. The first-order valence-electron chi connectivity index (χ1n) is 9.58. The average molecular weight is 425 g/mol. The van der Waals surface area contributed by atoms with Gasteiger partial charge in [0.2, 0.25) is 0 Å². The van der Waals surface area contributed by atoms with Gasteiger partial charge in [0.1, 0.15) is 5.75 Å². The highest BCUT2D eigenvalue weighted by Gasteiger charge is 2.33. The molecule has 154 valence electrons. The first kappa shape index (κ1) is 22.8. The standard InChI is InChI=1S/C22H28N2O2.2ClH/c1-16(22-20-6-4-3-5-17(20)11-14-26-22)21-15-24(13-12-23-21)18-7-9-19(25-2)10-8-18;;/h3-10,16,21-23H,11-15H2,1-2H3;2*1H. The number of fused-ring (bicyclic) bond motifs is 1. The van der Waals surface area contributed by atoms with Crippen molar-refractivity contribution < 1.29 is 9.47 Å². The smallest absolute Gasteiger partial charge is 0.119 e. The number of nitrogens with zero attached hydrogens (tertiary/aromatic N) is 1. The number of anilines is 1. The highest BCUT2D eigenvalue weighted by Crippen LogP contribution is 2.35. The summed E-state index contributed by atoms with van der Waals surface area (Å²) in [5, 5.41) is 3.72. The van der Waals surface area contributed by atoms with Crippen LogP contribution in [-0.2, 0) is 11.2 Å². The molecule has 0 spiro atoms. The Labute approximate surface area is 180 Å². The van der Waals surface area contributed by atoms with E-state index in [4.69, 9.17) is 9.47 Å². The van der Waals surface area contributed by atoms with E-state index in [1.54, 1.807) is 7.11 Å². The second kappa shape index (κ2) is 10.4. The van der Waals surface area contributed by atoms with Crippen LogP contribution in [0.5, 0.6) is 5.75 Å². The van der Waals surface area contributed by atoms with E-state index < -0.39 is 0 Å². The van der Waals surface area contributed by atoms with Gasteiger partial charge in [-0.15, -0.1) is 24.8 Å². The maximum Gasteiger partial charge on any atom is 0.119 e. The van der Waals surface area contributed by atoms with E-state index in [0.717, 1.165) is 38.4 Å². The molecular weight excluding hydrogens is 395 g/mol. The van der Waals surface area contributed by atoms with Crippen molar-refractivity contribution in [3.63, 3.8) is 0 Å². The van der Waals surface area contributed by atoms with E-state index >= 15 is 0 Å². The summed E-state index contributed by atoms with van der Waals surface area (Å²) in [4.78, 5) is 2.46. The summed E-state index contributed by atoms with van der Waals surface area (Å²) in [5.41, 5.74) is 4.07. The molecule has 1 saturated heterocycles. The zero-order valence-corrected chi connectivity index (χ0v) is 18.1. The summed E-state index contributed by atoms with van der Waals surface area (Å²) < 4.78 is 11.5. The highest BCUT2D eigenvalue weighted by molar-refractivity contribution is 5.85. The number of hydrogen-bond acceptors (Lipinski definition) is 4. The Bertz CT molecular complexity index is 742. The molecule has 2 aliphatic heterocycles. The van der Waals surface area contributed by atoms with Gasteiger partial charge in [0.25, 0.3) is 0 Å². The van der Waals surface area contributed by atoms with Gasteiger partial charge in [0.05, 0.1) is 19.8 Å². The molecule has 2 heterocycles.